The Labute approximate surface area is 110 Å². The number of hydrogen-bond donors (Lipinski definition) is 2. The molecule has 3 heteroatoms. The van der Waals surface area contributed by atoms with Crippen molar-refractivity contribution in [2.45, 2.75) is 51.5 Å². The van der Waals surface area contributed by atoms with Crippen LogP contribution in [-0.4, -0.2) is 11.0 Å². The molecule has 18 heavy (non-hydrogen) atoms. The lowest BCUT2D eigenvalue weighted by Gasteiger charge is -2.36. The van der Waals surface area contributed by atoms with Gasteiger partial charge in [-0.1, -0.05) is 38.7 Å². The van der Waals surface area contributed by atoms with Crippen molar-refractivity contribution in [3.8, 4) is 0 Å². The summed E-state index contributed by atoms with van der Waals surface area (Å²) >= 11 is 0. The van der Waals surface area contributed by atoms with E-state index in [0.717, 1.165) is 12.3 Å². The Balaban J connectivity index is 2.03. The lowest BCUT2D eigenvalue weighted by atomic mass is 9.73. The molecular weight excluding hydrogens is 222 g/mol. The van der Waals surface area contributed by atoms with Gasteiger partial charge in [-0.25, -0.2) is 0 Å². The standard InChI is InChI=1S/C15H25N3/c1-2-13-7-3-4-8-14(13)15(18-16)10-12-6-5-9-17-11-12/h5-6,9,11,13-15,18H,2-4,7-8,10,16H2,1H3. The van der Waals surface area contributed by atoms with E-state index >= 15 is 0 Å². The third-order valence-electron chi connectivity index (χ3n) is 4.40. The highest BCUT2D eigenvalue weighted by Crippen LogP contribution is 2.35. The highest BCUT2D eigenvalue weighted by atomic mass is 15.2. The third kappa shape index (κ3) is 3.30. The summed E-state index contributed by atoms with van der Waals surface area (Å²) in [7, 11) is 0. The van der Waals surface area contributed by atoms with Gasteiger partial charge in [0.25, 0.3) is 0 Å². The first-order valence-electron chi connectivity index (χ1n) is 7.20. The number of rotatable bonds is 5. The molecule has 0 aromatic carbocycles. The molecular formula is C15H25N3. The summed E-state index contributed by atoms with van der Waals surface area (Å²) in [5, 5.41) is 0. The smallest absolute Gasteiger partial charge is 0.0300 e. The van der Waals surface area contributed by atoms with Crippen LogP contribution >= 0.6 is 0 Å². The van der Waals surface area contributed by atoms with Crippen LogP contribution in [0.3, 0.4) is 0 Å². The summed E-state index contributed by atoms with van der Waals surface area (Å²) in [6, 6.07) is 4.53. The van der Waals surface area contributed by atoms with Crippen LogP contribution in [0.5, 0.6) is 0 Å². The third-order valence-corrected chi connectivity index (χ3v) is 4.40. The van der Waals surface area contributed by atoms with Crippen molar-refractivity contribution in [3.05, 3.63) is 30.1 Å². The van der Waals surface area contributed by atoms with Crippen molar-refractivity contribution in [2.75, 3.05) is 0 Å². The van der Waals surface area contributed by atoms with Crippen LogP contribution in [0.2, 0.25) is 0 Å². The van der Waals surface area contributed by atoms with Gasteiger partial charge in [0.05, 0.1) is 0 Å². The largest absolute Gasteiger partial charge is 0.271 e. The topological polar surface area (TPSA) is 50.9 Å². The fraction of sp³-hybridized carbons (Fsp3) is 0.667. The maximum Gasteiger partial charge on any atom is 0.0300 e. The molecule has 3 unspecified atom stereocenters. The first-order valence-corrected chi connectivity index (χ1v) is 7.20. The average molecular weight is 247 g/mol. The number of pyridine rings is 1. The Morgan fingerprint density at radius 3 is 2.94 bits per heavy atom. The quantitative estimate of drug-likeness (QED) is 0.621. The summed E-state index contributed by atoms with van der Waals surface area (Å²) in [6.45, 7) is 2.31. The van der Waals surface area contributed by atoms with Crippen LogP contribution in [0.1, 0.15) is 44.6 Å². The summed E-state index contributed by atoms with van der Waals surface area (Å²) in [4.78, 5) is 4.19. The molecule has 1 heterocycles. The van der Waals surface area contributed by atoms with Gasteiger partial charge in [-0.05, 0) is 36.3 Å². The monoisotopic (exact) mass is 247 g/mol. The molecule has 1 aliphatic rings. The Bertz CT molecular complexity index is 339. The van der Waals surface area contributed by atoms with Crippen molar-refractivity contribution in [2.24, 2.45) is 17.7 Å². The number of hydrazine groups is 1. The van der Waals surface area contributed by atoms with Crippen LogP contribution in [0.4, 0.5) is 0 Å². The summed E-state index contributed by atoms with van der Waals surface area (Å²) in [6.07, 6.45) is 11.5. The minimum atomic E-state index is 0.388. The number of nitrogens with zero attached hydrogens (tertiary/aromatic N) is 1. The van der Waals surface area contributed by atoms with Gasteiger partial charge in [-0.2, -0.15) is 0 Å². The molecule has 1 fully saturated rings. The van der Waals surface area contributed by atoms with Crippen molar-refractivity contribution < 1.29 is 0 Å². The number of hydrogen-bond acceptors (Lipinski definition) is 3. The van der Waals surface area contributed by atoms with Crippen molar-refractivity contribution in [3.63, 3.8) is 0 Å². The van der Waals surface area contributed by atoms with E-state index in [-0.39, 0.29) is 0 Å². The summed E-state index contributed by atoms with van der Waals surface area (Å²) in [5.41, 5.74) is 4.34. The Kier molecular flexibility index (Phi) is 5.14. The fourth-order valence-electron chi connectivity index (χ4n) is 3.38. The number of nitrogens with one attached hydrogen (secondary N) is 1. The Morgan fingerprint density at radius 1 is 1.44 bits per heavy atom. The zero-order chi connectivity index (χ0) is 12.8. The molecule has 1 aromatic heterocycles. The van der Waals surface area contributed by atoms with E-state index < -0.39 is 0 Å². The number of nitrogens with two attached hydrogens (primary N) is 1. The lowest BCUT2D eigenvalue weighted by molar-refractivity contribution is 0.174. The molecule has 1 aliphatic carbocycles. The van der Waals surface area contributed by atoms with E-state index in [4.69, 9.17) is 5.84 Å². The molecule has 3 N–H and O–H groups in total. The maximum absolute atomic E-state index is 5.80. The molecule has 0 amide bonds. The molecule has 0 aliphatic heterocycles. The second kappa shape index (κ2) is 6.86. The van der Waals surface area contributed by atoms with E-state index in [0.29, 0.717) is 12.0 Å². The Hall–Kier alpha value is -0.930. The van der Waals surface area contributed by atoms with Gasteiger partial charge in [-0.3, -0.25) is 16.3 Å². The zero-order valence-corrected chi connectivity index (χ0v) is 11.3. The van der Waals surface area contributed by atoms with Crippen molar-refractivity contribution in [1.29, 1.82) is 0 Å². The minimum Gasteiger partial charge on any atom is -0.271 e. The molecule has 0 bridgehead atoms. The number of aromatic nitrogens is 1. The van der Waals surface area contributed by atoms with Gasteiger partial charge in [0.1, 0.15) is 0 Å². The Morgan fingerprint density at radius 2 is 2.28 bits per heavy atom. The molecule has 1 saturated carbocycles. The molecule has 0 saturated heterocycles. The molecule has 0 spiro atoms. The average Bonchev–Trinajstić information content (AvgIpc) is 2.46. The van der Waals surface area contributed by atoms with Crippen LogP contribution in [0.15, 0.2) is 24.5 Å². The first kappa shape index (κ1) is 13.5. The van der Waals surface area contributed by atoms with E-state index in [2.05, 4.69) is 23.4 Å². The lowest BCUT2D eigenvalue weighted by Crippen LogP contribution is -2.46. The molecule has 1 aromatic rings. The van der Waals surface area contributed by atoms with Gasteiger partial charge < -0.3 is 0 Å². The van der Waals surface area contributed by atoms with E-state index in [1.165, 1.54) is 37.7 Å². The predicted octanol–water partition coefficient (Wildman–Crippen LogP) is 2.67. The van der Waals surface area contributed by atoms with Gasteiger partial charge in [-0.15, -0.1) is 0 Å². The van der Waals surface area contributed by atoms with Crippen LogP contribution in [0.25, 0.3) is 0 Å². The van der Waals surface area contributed by atoms with Crippen LogP contribution < -0.4 is 11.3 Å². The van der Waals surface area contributed by atoms with Gasteiger partial charge in [0.15, 0.2) is 0 Å². The molecule has 3 atom stereocenters. The second-order valence-corrected chi connectivity index (χ2v) is 5.46. The van der Waals surface area contributed by atoms with Crippen molar-refractivity contribution in [1.82, 2.24) is 10.4 Å². The van der Waals surface area contributed by atoms with Gasteiger partial charge >= 0.3 is 0 Å². The van der Waals surface area contributed by atoms with Crippen LogP contribution in [-0.2, 0) is 6.42 Å². The SMILES string of the molecule is CCC1CCCCC1C(Cc1cccnc1)NN. The van der Waals surface area contributed by atoms with E-state index in [1.54, 1.807) is 0 Å². The molecule has 3 nitrogen and oxygen atoms in total. The van der Waals surface area contributed by atoms with E-state index in [9.17, 15) is 0 Å². The summed E-state index contributed by atoms with van der Waals surface area (Å²) < 4.78 is 0. The first-order chi connectivity index (χ1) is 8.85. The summed E-state index contributed by atoms with van der Waals surface area (Å²) in [5.74, 6) is 7.34. The highest BCUT2D eigenvalue weighted by molar-refractivity contribution is 5.10. The second-order valence-electron chi connectivity index (χ2n) is 5.46. The van der Waals surface area contributed by atoms with Crippen molar-refractivity contribution >= 4 is 0 Å². The van der Waals surface area contributed by atoms with Crippen LogP contribution in [0, 0.1) is 11.8 Å². The van der Waals surface area contributed by atoms with Gasteiger partial charge in [0, 0.05) is 18.4 Å². The van der Waals surface area contributed by atoms with Gasteiger partial charge in [0.2, 0.25) is 0 Å². The molecule has 2 rings (SSSR count). The molecule has 0 radical (unpaired) electrons. The maximum atomic E-state index is 5.80. The minimum absolute atomic E-state index is 0.388. The molecule has 100 valence electrons. The zero-order valence-electron chi connectivity index (χ0n) is 11.3. The fourth-order valence-corrected chi connectivity index (χ4v) is 3.38. The van der Waals surface area contributed by atoms with E-state index in [1.807, 2.05) is 18.5 Å². The normalized spacial score (nSPS) is 25.9. The predicted molar refractivity (Wildman–Crippen MR) is 74.8 cm³/mol. The highest BCUT2D eigenvalue weighted by Gasteiger charge is 2.30.